The number of aliphatic hydroxyl groups excluding tert-OH is 1. The molecular formula is C53H81FN6O8. The maximum Gasteiger partial charge on any atom is 0.413 e. The monoisotopic (exact) mass is 949 g/mol. The van der Waals surface area contributed by atoms with Crippen molar-refractivity contribution in [2.24, 2.45) is 10.9 Å². The molecule has 6 rings (SSSR count). The van der Waals surface area contributed by atoms with E-state index in [1.807, 2.05) is 58.9 Å². The highest BCUT2D eigenvalue weighted by Gasteiger charge is 2.34. The molecule has 1 atom stereocenters. The molecule has 1 aliphatic carbocycles. The molecule has 2 aliphatic rings. The van der Waals surface area contributed by atoms with Gasteiger partial charge in [0.05, 0.1) is 6.54 Å². The van der Waals surface area contributed by atoms with Crippen LogP contribution < -0.4 is 20.7 Å². The number of para-hydroxylation sites is 2. The fraction of sp³-hybridized carbons (Fsp3) is 0.547. The number of likely N-dealkylation sites (tertiary alicyclic amines) is 1. The Balaban J connectivity index is 0.000000565. The van der Waals surface area contributed by atoms with E-state index < -0.39 is 29.5 Å². The van der Waals surface area contributed by atoms with Crippen molar-refractivity contribution >= 4 is 40.8 Å². The molecule has 15 heteroatoms. The number of aliphatic imine (C=N–C) groups is 1. The van der Waals surface area contributed by atoms with Crippen LogP contribution >= 0.6 is 0 Å². The summed E-state index contributed by atoms with van der Waals surface area (Å²) in [5.41, 5.74) is 2.79. The Kier molecular flexibility index (Phi) is 31.3. The van der Waals surface area contributed by atoms with Crippen LogP contribution in [-0.2, 0) is 20.7 Å². The Hall–Kier alpha value is -5.83. The van der Waals surface area contributed by atoms with E-state index in [4.69, 9.17) is 19.0 Å². The second-order valence-electron chi connectivity index (χ2n) is 16.8. The van der Waals surface area contributed by atoms with Crippen LogP contribution in [0.25, 0.3) is 11.1 Å². The predicted octanol–water partition coefficient (Wildman–Crippen LogP) is 10.8. The molecular weight excluding hydrogens is 868 g/mol. The van der Waals surface area contributed by atoms with Gasteiger partial charge < -0.3 is 39.8 Å². The van der Waals surface area contributed by atoms with Gasteiger partial charge in [-0.05, 0) is 107 Å². The summed E-state index contributed by atoms with van der Waals surface area (Å²) in [5.74, 6) is -0.107. The fourth-order valence-corrected chi connectivity index (χ4v) is 6.53. The van der Waals surface area contributed by atoms with Gasteiger partial charge in [0.2, 0.25) is 17.7 Å². The first-order valence-corrected chi connectivity index (χ1v) is 24.4. The van der Waals surface area contributed by atoms with E-state index in [-0.39, 0.29) is 30.8 Å². The Labute approximate surface area is 405 Å². The van der Waals surface area contributed by atoms with Gasteiger partial charge >= 0.3 is 12.2 Å². The van der Waals surface area contributed by atoms with Crippen LogP contribution in [0.4, 0.5) is 14.0 Å². The van der Waals surface area contributed by atoms with Crippen molar-refractivity contribution in [3.63, 3.8) is 0 Å². The number of carbonyl (C=O) groups excluding carboxylic acids is 4. The summed E-state index contributed by atoms with van der Waals surface area (Å²) in [6, 6.07) is 22.0. The Morgan fingerprint density at radius 3 is 2.00 bits per heavy atom. The number of aromatic nitrogens is 1. The molecule has 0 bridgehead atoms. The van der Waals surface area contributed by atoms with Gasteiger partial charge in [-0.3, -0.25) is 14.6 Å². The fourth-order valence-electron chi connectivity index (χ4n) is 6.53. The topological polar surface area (TPSA) is 185 Å². The summed E-state index contributed by atoms with van der Waals surface area (Å²) in [7, 11) is 1.58. The third-order valence-corrected chi connectivity index (χ3v) is 9.96. The number of carbonyl (C=O) groups is 4. The van der Waals surface area contributed by atoms with Crippen molar-refractivity contribution in [1.82, 2.24) is 25.8 Å². The van der Waals surface area contributed by atoms with E-state index in [0.717, 1.165) is 31.4 Å². The molecule has 4 aromatic rings. The third-order valence-electron chi connectivity index (χ3n) is 9.96. The molecule has 0 spiro atoms. The Morgan fingerprint density at radius 2 is 1.46 bits per heavy atom. The highest BCUT2D eigenvalue weighted by Crippen LogP contribution is 2.22. The number of fused-ring (bicyclic) bond motifs is 1. The molecule has 378 valence electrons. The molecule has 1 saturated carbocycles. The zero-order valence-electron chi connectivity index (χ0n) is 42.5. The normalized spacial score (nSPS) is 14.3. The lowest BCUT2D eigenvalue weighted by molar-refractivity contribution is -0.137. The number of ether oxygens (including phenoxy) is 2. The van der Waals surface area contributed by atoms with Gasteiger partial charge in [0.25, 0.3) is 0 Å². The van der Waals surface area contributed by atoms with Crippen LogP contribution in [0.1, 0.15) is 138 Å². The van der Waals surface area contributed by atoms with Gasteiger partial charge in [-0.25, -0.2) is 19.0 Å². The molecule has 14 nitrogen and oxygen atoms in total. The molecule has 1 unspecified atom stereocenters. The molecule has 2 heterocycles. The van der Waals surface area contributed by atoms with Gasteiger partial charge in [0, 0.05) is 26.7 Å². The number of hydrogen-bond donors (Lipinski definition) is 4. The molecule has 0 radical (unpaired) electrons. The summed E-state index contributed by atoms with van der Waals surface area (Å²) >= 11 is 0. The van der Waals surface area contributed by atoms with Crippen LogP contribution in [0.2, 0.25) is 0 Å². The third kappa shape index (κ3) is 25.3. The number of nitrogens with one attached hydrogen (secondary N) is 3. The number of aliphatic hydroxyl groups is 1. The maximum absolute atomic E-state index is 12.9. The van der Waals surface area contributed by atoms with Crippen LogP contribution in [0.5, 0.6) is 5.75 Å². The molecule has 68 heavy (non-hydrogen) atoms. The summed E-state index contributed by atoms with van der Waals surface area (Å²) in [5, 5.41) is 16.5. The van der Waals surface area contributed by atoms with E-state index in [2.05, 4.69) is 77.9 Å². The quantitative estimate of drug-likeness (QED) is 0.0792. The highest BCUT2D eigenvalue weighted by atomic mass is 19.1. The minimum absolute atomic E-state index is 0.0862. The summed E-state index contributed by atoms with van der Waals surface area (Å²) < 4.78 is 28.7. The van der Waals surface area contributed by atoms with E-state index >= 15 is 0 Å². The van der Waals surface area contributed by atoms with E-state index in [1.165, 1.54) is 61.1 Å². The maximum atomic E-state index is 12.9. The number of rotatable bonds is 12. The number of halogens is 1. The first-order valence-electron chi connectivity index (χ1n) is 24.4. The van der Waals surface area contributed by atoms with Gasteiger partial charge in [0.15, 0.2) is 5.58 Å². The van der Waals surface area contributed by atoms with Crippen LogP contribution in [0.3, 0.4) is 0 Å². The minimum atomic E-state index is -0.854. The summed E-state index contributed by atoms with van der Waals surface area (Å²) in [6.07, 6.45) is 11.0. The SMILES string of the molecule is CC.CCC.CCCCNC(=O)OC(C)(C)C.CCc1ccccc1.CN=C(CNC(=O)C1CCCN1C(=O)CNC(=O)Oc1ccc(F)cc1)c1nc2ccccc2o1.OCC1CCCCC1. The zero-order chi connectivity index (χ0) is 50.7. The number of nitrogens with zero attached hydrogens (tertiary/aromatic N) is 3. The van der Waals surface area contributed by atoms with Crippen molar-refractivity contribution in [2.45, 2.75) is 145 Å². The Morgan fingerprint density at radius 1 is 0.824 bits per heavy atom. The van der Waals surface area contributed by atoms with E-state index in [9.17, 15) is 23.6 Å². The van der Waals surface area contributed by atoms with Crippen LogP contribution in [0, 0.1) is 11.7 Å². The Bertz CT molecular complexity index is 1980. The van der Waals surface area contributed by atoms with E-state index in [1.54, 1.807) is 13.1 Å². The van der Waals surface area contributed by atoms with Crippen molar-refractivity contribution in [3.05, 3.63) is 96.1 Å². The second kappa shape index (κ2) is 35.3. The lowest BCUT2D eigenvalue weighted by Crippen LogP contribution is -2.50. The standard InChI is InChI=1S/C24H24FN5O5.C9H19NO2.C8H10.C7H14O.C3H8.C2H6/c1-26-18(23-29-17-5-2-3-7-20(17)35-23)13-27-22(32)19-6-4-12-30(19)21(31)14-28-24(33)34-16-10-8-15(25)9-11-16;1-5-6-7-10-8(11)12-9(2,3)4;1-2-8-6-4-3-5-7-8;8-6-7-4-2-1-3-5-7;1-3-2;1-2/h2-3,5,7-11,19H,4,6,12-14H2,1H3,(H,27,32)(H,28,33);5-7H2,1-4H3,(H,10,11);3-7H,2H2,1H3;7-8H,1-6H2;3H2,1-2H3;1-2H3. The van der Waals surface area contributed by atoms with Crippen molar-refractivity contribution in [1.29, 1.82) is 0 Å². The first kappa shape index (κ1) is 60.2. The minimum Gasteiger partial charge on any atom is -0.444 e. The van der Waals surface area contributed by atoms with Crippen molar-refractivity contribution in [3.8, 4) is 5.75 Å². The average molecular weight is 949 g/mol. The predicted molar refractivity (Wildman–Crippen MR) is 271 cm³/mol. The average Bonchev–Trinajstić information content (AvgIpc) is 4.02. The number of amides is 4. The molecule has 2 fully saturated rings. The summed E-state index contributed by atoms with van der Waals surface area (Å²) in [6.45, 7) is 19.3. The lowest BCUT2D eigenvalue weighted by Gasteiger charge is -2.24. The lowest BCUT2D eigenvalue weighted by atomic mass is 9.90. The van der Waals surface area contributed by atoms with Gasteiger partial charge in [-0.2, -0.15) is 0 Å². The number of hydrogen-bond acceptors (Lipinski definition) is 10. The van der Waals surface area contributed by atoms with Crippen LogP contribution in [-0.4, -0.2) is 96.2 Å². The zero-order valence-corrected chi connectivity index (χ0v) is 42.5. The smallest absolute Gasteiger partial charge is 0.413 e. The first-order chi connectivity index (χ1) is 32.7. The van der Waals surface area contributed by atoms with Gasteiger partial charge in [0.1, 0.15) is 41.0 Å². The van der Waals surface area contributed by atoms with Gasteiger partial charge in [-0.1, -0.05) is 116 Å². The summed E-state index contributed by atoms with van der Waals surface area (Å²) in [4.78, 5) is 58.4. The van der Waals surface area contributed by atoms with Crippen molar-refractivity contribution < 1.29 is 42.6 Å². The second-order valence-corrected chi connectivity index (χ2v) is 16.8. The van der Waals surface area contributed by atoms with Crippen molar-refractivity contribution in [2.75, 3.05) is 39.8 Å². The molecule has 3 aromatic carbocycles. The largest absolute Gasteiger partial charge is 0.444 e. The number of unbranched alkanes of at least 4 members (excludes halogenated alkanes) is 1. The molecule has 1 aromatic heterocycles. The number of aryl methyl sites for hydroxylation is 1. The molecule has 4 amide bonds. The number of alkyl carbamates (subject to hydrolysis) is 1. The molecule has 1 aliphatic heterocycles. The number of oxazole rings is 1. The van der Waals surface area contributed by atoms with Crippen LogP contribution in [0.15, 0.2) is 88.3 Å². The highest BCUT2D eigenvalue weighted by molar-refractivity contribution is 6.02. The number of benzene rings is 3. The van der Waals surface area contributed by atoms with E-state index in [0.29, 0.717) is 61.2 Å². The molecule has 4 N–H and O–H groups in total. The molecule has 1 saturated heterocycles. The van der Waals surface area contributed by atoms with Gasteiger partial charge in [-0.15, -0.1) is 0 Å².